The van der Waals surface area contributed by atoms with Crippen molar-refractivity contribution in [2.75, 3.05) is 36.5 Å². The van der Waals surface area contributed by atoms with E-state index in [0.29, 0.717) is 34.6 Å². The highest BCUT2D eigenvalue weighted by atomic mass is 35.5. The fourth-order valence-electron chi connectivity index (χ4n) is 3.09. The number of hydrogen-bond acceptors (Lipinski definition) is 5. The van der Waals surface area contributed by atoms with Crippen molar-refractivity contribution in [2.24, 2.45) is 0 Å². The van der Waals surface area contributed by atoms with Crippen LogP contribution in [0.2, 0.25) is 10.0 Å². The Morgan fingerprint density at radius 1 is 1.00 bits per heavy atom. The van der Waals surface area contributed by atoms with E-state index < -0.39 is 0 Å². The van der Waals surface area contributed by atoms with Gasteiger partial charge in [-0.25, -0.2) is 9.97 Å². The summed E-state index contributed by atoms with van der Waals surface area (Å²) in [6, 6.07) is 14.6. The highest BCUT2D eigenvalue weighted by molar-refractivity contribution is 6.42. The number of ether oxygens (including phenoxy) is 1. The molecule has 1 fully saturated rings. The highest BCUT2D eigenvalue weighted by Crippen LogP contribution is 2.28. The number of aromatic nitrogens is 2. The molecular weight excluding hydrogens is 411 g/mol. The Kier molecular flexibility index (Phi) is 5.94. The van der Waals surface area contributed by atoms with Gasteiger partial charge in [0.15, 0.2) is 0 Å². The second-order valence-corrected chi connectivity index (χ2v) is 7.34. The van der Waals surface area contributed by atoms with E-state index in [0.717, 1.165) is 24.3 Å². The SMILES string of the molecule is O=C(Nc1cccc(N2CCOCC2)c1)c1cc(-c2ccc(Cl)c(Cl)c2)ncn1. The summed E-state index contributed by atoms with van der Waals surface area (Å²) in [6.07, 6.45) is 1.36. The molecule has 1 aliphatic heterocycles. The number of nitrogens with one attached hydrogen (secondary N) is 1. The number of nitrogens with zero attached hydrogens (tertiary/aromatic N) is 3. The summed E-state index contributed by atoms with van der Waals surface area (Å²) in [5.74, 6) is -0.312. The normalized spacial score (nSPS) is 13.9. The van der Waals surface area contributed by atoms with Crippen molar-refractivity contribution < 1.29 is 9.53 Å². The van der Waals surface area contributed by atoms with Crippen molar-refractivity contribution >= 4 is 40.5 Å². The second kappa shape index (κ2) is 8.78. The molecule has 1 aromatic heterocycles. The molecule has 0 spiro atoms. The van der Waals surface area contributed by atoms with Gasteiger partial charge in [-0.15, -0.1) is 0 Å². The van der Waals surface area contributed by atoms with Gasteiger partial charge in [-0.05, 0) is 36.4 Å². The predicted molar refractivity (Wildman–Crippen MR) is 115 cm³/mol. The Morgan fingerprint density at radius 3 is 2.62 bits per heavy atom. The van der Waals surface area contributed by atoms with E-state index in [2.05, 4.69) is 20.2 Å². The maximum atomic E-state index is 12.7. The van der Waals surface area contributed by atoms with Gasteiger partial charge in [0.25, 0.3) is 5.91 Å². The molecule has 0 aliphatic carbocycles. The number of amides is 1. The monoisotopic (exact) mass is 428 g/mol. The van der Waals surface area contributed by atoms with Crippen molar-refractivity contribution in [3.8, 4) is 11.3 Å². The molecule has 3 aromatic rings. The first-order chi connectivity index (χ1) is 14.1. The number of anilines is 2. The van der Waals surface area contributed by atoms with E-state index in [1.807, 2.05) is 24.3 Å². The molecule has 0 saturated carbocycles. The van der Waals surface area contributed by atoms with Gasteiger partial charge in [-0.1, -0.05) is 35.3 Å². The van der Waals surface area contributed by atoms with Gasteiger partial charge >= 0.3 is 0 Å². The molecule has 148 valence electrons. The molecule has 1 amide bonds. The fourth-order valence-corrected chi connectivity index (χ4v) is 3.39. The van der Waals surface area contributed by atoms with Crippen molar-refractivity contribution in [2.45, 2.75) is 0 Å². The minimum atomic E-state index is -0.312. The van der Waals surface area contributed by atoms with Crippen LogP contribution in [-0.2, 0) is 4.74 Å². The van der Waals surface area contributed by atoms with Gasteiger partial charge in [0, 0.05) is 30.0 Å². The van der Waals surface area contributed by atoms with E-state index in [1.54, 1.807) is 24.3 Å². The van der Waals surface area contributed by atoms with Gasteiger partial charge in [0.2, 0.25) is 0 Å². The minimum absolute atomic E-state index is 0.262. The lowest BCUT2D eigenvalue weighted by Crippen LogP contribution is -2.36. The number of halogens is 2. The van der Waals surface area contributed by atoms with Crippen LogP contribution >= 0.6 is 23.2 Å². The lowest BCUT2D eigenvalue weighted by atomic mass is 10.1. The first-order valence-electron chi connectivity index (χ1n) is 9.12. The lowest BCUT2D eigenvalue weighted by Gasteiger charge is -2.29. The van der Waals surface area contributed by atoms with Gasteiger partial charge in [-0.3, -0.25) is 4.79 Å². The summed E-state index contributed by atoms with van der Waals surface area (Å²) in [5.41, 5.74) is 3.35. The Hall–Kier alpha value is -2.67. The van der Waals surface area contributed by atoms with Crippen LogP contribution in [-0.4, -0.2) is 42.2 Å². The molecule has 6 nitrogen and oxygen atoms in total. The number of morpholine rings is 1. The maximum Gasteiger partial charge on any atom is 0.274 e. The van der Waals surface area contributed by atoms with Crippen molar-refractivity contribution in [3.63, 3.8) is 0 Å². The molecule has 1 saturated heterocycles. The van der Waals surface area contributed by atoms with Crippen LogP contribution in [0.4, 0.5) is 11.4 Å². The minimum Gasteiger partial charge on any atom is -0.378 e. The largest absolute Gasteiger partial charge is 0.378 e. The summed E-state index contributed by atoms with van der Waals surface area (Å²) in [4.78, 5) is 23.3. The first-order valence-corrected chi connectivity index (χ1v) is 9.87. The van der Waals surface area contributed by atoms with Gasteiger partial charge in [-0.2, -0.15) is 0 Å². The van der Waals surface area contributed by atoms with E-state index >= 15 is 0 Å². The lowest BCUT2D eigenvalue weighted by molar-refractivity contribution is 0.102. The number of hydrogen-bond donors (Lipinski definition) is 1. The molecule has 0 bridgehead atoms. The summed E-state index contributed by atoms with van der Waals surface area (Å²) < 4.78 is 5.39. The molecule has 2 aromatic carbocycles. The quantitative estimate of drug-likeness (QED) is 0.660. The maximum absolute atomic E-state index is 12.7. The molecule has 0 atom stereocenters. The summed E-state index contributed by atoms with van der Waals surface area (Å²) in [5, 5.41) is 3.79. The molecule has 29 heavy (non-hydrogen) atoms. The van der Waals surface area contributed by atoms with E-state index in [-0.39, 0.29) is 11.6 Å². The van der Waals surface area contributed by atoms with Crippen LogP contribution in [0, 0.1) is 0 Å². The number of carbonyl (C=O) groups excluding carboxylic acids is 1. The van der Waals surface area contributed by atoms with Crippen LogP contribution in [0.15, 0.2) is 54.9 Å². The van der Waals surface area contributed by atoms with Crippen LogP contribution in [0.3, 0.4) is 0 Å². The Labute approximate surface area is 178 Å². The van der Waals surface area contributed by atoms with Gasteiger partial charge in [0.1, 0.15) is 12.0 Å². The van der Waals surface area contributed by atoms with Crippen LogP contribution in [0.5, 0.6) is 0 Å². The van der Waals surface area contributed by atoms with Crippen LogP contribution < -0.4 is 10.2 Å². The molecule has 0 radical (unpaired) electrons. The molecule has 0 unspecified atom stereocenters. The average molecular weight is 429 g/mol. The molecule has 8 heteroatoms. The van der Waals surface area contributed by atoms with Crippen molar-refractivity contribution in [3.05, 3.63) is 70.6 Å². The molecule has 4 rings (SSSR count). The fraction of sp³-hybridized carbons (Fsp3) is 0.190. The molecule has 1 aliphatic rings. The zero-order valence-corrected chi connectivity index (χ0v) is 17.0. The molecule has 2 heterocycles. The summed E-state index contributed by atoms with van der Waals surface area (Å²) in [7, 11) is 0. The second-order valence-electron chi connectivity index (χ2n) is 6.52. The Morgan fingerprint density at radius 2 is 1.83 bits per heavy atom. The summed E-state index contributed by atoms with van der Waals surface area (Å²) >= 11 is 12.1. The third-order valence-electron chi connectivity index (χ3n) is 4.60. The molecule has 1 N–H and O–H groups in total. The van der Waals surface area contributed by atoms with Gasteiger partial charge < -0.3 is 15.0 Å². The first kappa shape index (κ1) is 19.6. The number of rotatable bonds is 4. The third-order valence-corrected chi connectivity index (χ3v) is 5.33. The van der Waals surface area contributed by atoms with E-state index in [9.17, 15) is 4.79 Å². The Balaban J connectivity index is 1.52. The average Bonchev–Trinajstić information content (AvgIpc) is 2.76. The smallest absolute Gasteiger partial charge is 0.274 e. The third kappa shape index (κ3) is 4.67. The van der Waals surface area contributed by atoms with Crippen molar-refractivity contribution in [1.29, 1.82) is 0 Å². The zero-order chi connectivity index (χ0) is 20.2. The van der Waals surface area contributed by atoms with Gasteiger partial charge in [0.05, 0.1) is 29.0 Å². The van der Waals surface area contributed by atoms with E-state index in [1.165, 1.54) is 6.33 Å². The standard InChI is InChI=1S/C21H18Cl2N4O2/c22-17-5-4-14(10-18(17)23)19-12-20(25-13-24-19)21(28)26-15-2-1-3-16(11-15)27-6-8-29-9-7-27/h1-5,10-13H,6-9H2,(H,26,28). The highest BCUT2D eigenvalue weighted by Gasteiger charge is 2.14. The summed E-state index contributed by atoms with van der Waals surface area (Å²) in [6.45, 7) is 3.07. The predicted octanol–water partition coefficient (Wildman–Crippen LogP) is 4.54. The van der Waals surface area contributed by atoms with E-state index in [4.69, 9.17) is 27.9 Å². The topological polar surface area (TPSA) is 67.4 Å². The number of benzene rings is 2. The zero-order valence-electron chi connectivity index (χ0n) is 15.4. The number of carbonyl (C=O) groups is 1. The van der Waals surface area contributed by atoms with Crippen LogP contribution in [0.1, 0.15) is 10.5 Å². The molecular formula is C21H18Cl2N4O2. The Bertz CT molecular complexity index is 1040. The van der Waals surface area contributed by atoms with Crippen LogP contribution in [0.25, 0.3) is 11.3 Å². The van der Waals surface area contributed by atoms with Crippen molar-refractivity contribution in [1.82, 2.24) is 9.97 Å².